The van der Waals surface area contributed by atoms with E-state index in [2.05, 4.69) is 47.2 Å². The average molecular weight is 370 g/mol. The molecule has 0 spiro atoms. The highest BCUT2D eigenvalue weighted by atomic mass is 32.1. The van der Waals surface area contributed by atoms with Gasteiger partial charge in [0.05, 0.1) is 6.61 Å². The van der Waals surface area contributed by atoms with Crippen molar-refractivity contribution in [2.24, 2.45) is 0 Å². The Kier molecular flexibility index (Phi) is 5.99. The number of hydrogen-bond donors (Lipinski definition) is 1. The fourth-order valence-corrected chi connectivity index (χ4v) is 3.53. The predicted octanol–water partition coefficient (Wildman–Crippen LogP) is 4.22. The molecule has 3 rings (SSSR count). The first kappa shape index (κ1) is 18.5. The van der Waals surface area contributed by atoms with Gasteiger partial charge in [0.15, 0.2) is 5.11 Å². The normalized spacial score (nSPS) is 14.3. The molecular formula is C21H27N3OS. The van der Waals surface area contributed by atoms with Crippen LogP contribution in [0.3, 0.4) is 0 Å². The Morgan fingerprint density at radius 1 is 1.04 bits per heavy atom. The minimum atomic E-state index is 0.676. The van der Waals surface area contributed by atoms with Crippen molar-refractivity contribution in [1.29, 1.82) is 0 Å². The van der Waals surface area contributed by atoms with Crippen LogP contribution in [0.2, 0.25) is 0 Å². The van der Waals surface area contributed by atoms with Gasteiger partial charge in [0.2, 0.25) is 0 Å². The van der Waals surface area contributed by atoms with Gasteiger partial charge in [-0.2, -0.15) is 0 Å². The van der Waals surface area contributed by atoms with Crippen molar-refractivity contribution in [3.05, 3.63) is 53.6 Å². The third kappa shape index (κ3) is 4.28. The topological polar surface area (TPSA) is 27.7 Å². The molecule has 0 bridgehead atoms. The lowest BCUT2D eigenvalue weighted by Gasteiger charge is -2.38. The van der Waals surface area contributed by atoms with Crippen LogP contribution >= 0.6 is 12.2 Å². The van der Waals surface area contributed by atoms with E-state index in [1.165, 1.54) is 16.8 Å². The molecule has 0 aromatic heterocycles. The molecule has 0 saturated carbocycles. The van der Waals surface area contributed by atoms with Gasteiger partial charge in [-0.15, -0.1) is 0 Å². The predicted molar refractivity (Wildman–Crippen MR) is 114 cm³/mol. The Labute approximate surface area is 161 Å². The summed E-state index contributed by atoms with van der Waals surface area (Å²) in [6.45, 7) is 10.9. The molecule has 0 radical (unpaired) electrons. The van der Waals surface area contributed by atoms with Crippen LogP contribution in [0.5, 0.6) is 5.75 Å². The zero-order chi connectivity index (χ0) is 18.5. The third-order valence-corrected chi connectivity index (χ3v) is 5.26. The highest BCUT2D eigenvalue weighted by Gasteiger charge is 2.20. The molecule has 0 aliphatic carbocycles. The Morgan fingerprint density at radius 3 is 2.38 bits per heavy atom. The second-order valence-electron chi connectivity index (χ2n) is 6.58. The van der Waals surface area contributed by atoms with Gasteiger partial charge in [-0.25, -0.2) is 0 Å². The number of aryl methyl sites for hydroxylation is 1. The number of nitrogens with zero attached hydrogens (tertiary/aromatic N) is 2. The summed E-state index contributed by atoms with van der Waals surface area (Å²) < 4.78 is 5.48. The number of ether oxygens (including phenoxy) is 1. The molecule has 0 unspecified atom stereocenters. The van der Waals surface area contributed by atoms with E-state index in [9.17, 15) is 0 Å². The number of benzene rings is 2. The third-order valence-electron chi connectivity index (χ3n) is 4.90. The summed E-state index contributed by atoms with van der Waals surface area (Å²) in [5.41, 5.74) is 5.05. The second-order valence-corrected chi connectivity index (χ2v) is 6.97. The fourth-order valence-electron chi connectivity index (χ4n) is 3.23. The number of piperazine rings is 1. The lowest BCUT2D eigenvalue weighted by atomic mass is 10.1. The molecule has 0 atom stereocenters. The van der Waals surface area contributed by atoms with Crippen LogP contribution in [0, 0.1) is 13.8 Å². The summed E-state index contributed by atoms with van der Waals surface area (Å²) in [5, 5.41) is 4.13. The van der Waals surface area contributed by atoms with Crippen LogP contribution in [-0.2, 0) is 0 Å². The van der Waals surface area contributed by atoms with E-state index in [-0.39, 0.29) is 0 Å². The van der Waals surface area contributed by atoms with E-state index in [0.717, 1.165) is 42.7 Å². The first-order valence-electron chi connectivity index (χ1n) is 9.18. The SMILES string of the molecule is CCOc1ccc(NC(=S)N2CCN(c3cccc(C)c3C)CC2)cc1. The largest absolute Gasteiger partial charge is 0.494 e. The Balaban J connectivity index is 1.55. The number of rotatable bonds is 4. The first-order valence-corrected chi connectivity index (χ1v) is 9.59. The Bertz CT molecular complexity index is 752. The van der Waals surface area contributed by atoms with Crippen molar-refractivity contribution < 1.29 is 4.74 Å². The van der Waals surface area contributed by atoms with E-state index in [1.807, 2.05) is 31.2 Å². The van der Waals surface area contributed by atoms with Crippen molar-refractivity contribution in [2.45, 2.75) is 20.8 Å². The summed E-state index contributed by atoms with van der Waals surface area (Å²) >= 11 is 5.61. The average Bonchev–Trinajstić information content (AvgIpc) is 2.66. The van der Waals surface area contributed by atoms with Gasteiger partial charge < -0.3 is 19.9 Å². The molecule has 1 fully saturated rings. The van der Waals surface area contributed by atoms with Crippen molar-refractivity contribution in [2.75, 3.05) is 43.0 Å². The van der Waals surface area contributed by atoms with E-state index in [0.29, 0.717) is 6.61 Å². The molecule has 2 aromatic carbocycles. The molecule has 5 heteroatoms. The fraction of sp³-hybridized carbons (Fsp3) is 0.381. The van der Waals surface area contributed by atoms with Crippen molar-refractivity contribution in [3.63, 3.8) is 0 Å². The minimum Gasteiger partial charge on any atom is -0.494 e. The molecule has 1 saturated heterocycles. The van der Waals surface area contributed by atoms with Gasteiger partial charge in [0.25, 0.3) is 0 Å². The number of thiocarbonyl (C=S) groups is 1. The van der Waals surface area contributed by atoms with Crippen LogP contribution in [0.25, 0.3) is 0 Å². The molecular weight excluding hydrogens is 342 g/mol. The summed E-state index contributed by atoms with van der Waals surface area (Å²) in [4.78, 5) is 4.70. The van der Waals surface area contributed by atoms with E-state index < -0.39 is 0 Å². The second kappa shape index (κ2) is 8.41. The van der Waals surface area contributed by atoms with Crippen molar-refractivity contribution >= 4 is 28.7 Å². The van der Waals surface area contributed by atoms with Gasteiger partial charge in [-0.05, 0) is 74.4 Å². The summed E-state index contributed by atoms with van der Waals surface area (Å²) in [7, 11) is 0. The van der Waals surface area contributed by atoms with Crippen molar-refractivity contribution in [3.8, 4) is 5.75 Å². The number of nitrogens with one attached hydrogen (secondary N) is 1. The van der Waals surface area contributed by atoms with E-state index >= 15 is 0 Å². The van der Waals surface area contributed by atoms with Crippen LogP contribution in [0.4, 0.5) is 11.4 Å². The maximum absolute atomic E-state index is 5.61. The van der Waals surface area contributed by atoms with Crippen LogP contribution < -0.4 is 15.0 Å². The molecule has 26 heavy (non-hydrogen) atoms. The van der Waals surface area contributed by atoms with Gasteiger partial charge in [-0.3, -0.25) is 0 Å². The smallest absolute Gasteiger partial charge is 0.173 e. The standard InChI is InChI=1S/C21H27N3OS/c1-4-25-19-10-8-18(9-11-19)22-21(26)24-14-12-23(13-15-24)20-7-5-6-16(2)17(20)3/h5-11H,4,12-15H2,1-3H3,(H,22,26). The summed E-state index contributed by atoms with van der Waals surface area (Å²) in [6.07, 6.45) is 0. The Morgan fingerprint density at radius 2 is 1.73 bits per heavy atom. The zero-order valence-corrected chi connectivity index (χ0v) is 16.6. The minimum absolute atomic E-state index is 0.676. The quantitative estimate of drug-likeness (QED) is 0.815. The maximum Gasteiger partial charge on any atom is 0.173 e. The van der Waals surface area contributed by atoms with Gasteiger partial charge >= 0.3 is 0 Å². The lowest BCUT2D eigenvalue weighted by Crippen LogP contribution is -2.50. The van der Waals surface area contributed by atoms with Crippen LogP contribution in [0.1, 0.15) is 18.1 Å². The van der Waals surface area contributed by atoms with E-state index in [4.69, 9.17) is 17.0 Å². The molecule has 1 aliphatic heterocycles. The van der Waals surface area contributed by atoms with Gasteiger partial charge in [0.1, 0.15) is 5.75 Å². The van der Waals surface area contributed by atoms with Crippen LogP contribution in [-0.4, -0.2) is 42.8 Å². The van der Waals surface area contributed by atoms with Crippen molar-refractivity contribution in [1.82, 2.24) is 4.90 Å². The Hall–Kier alpha value is -2.27. The lowest BCUT2D eigenvalue weighted by molar-refractivity contribution is 0.340. The zero-order valence-electron chi connectivity index (χ0n) is 15.8. The van der Waals surface area contributed by atoms with E-state index in [1.54, 1.807) is 0 Å². The molecule has 1 N–H and O–H groups in total. The molecule has 2 aromatic rings. The molecule has 4 nitrogen and oxygen atoms in total. The highest BCUT2D eigenvalue weighted by molar-refractivity contribution is 7.80. The molecule has 1 aliphatic rings. The number of hydrogen-bond acceptors (Lipinski definition) is 3. The maximum atomic E-state index is 5.61. The van der Waals surface area contributed by atoms with Gasteiger partial charge in [-0.1, -0.05) is 12.1 Å². The van der Waals surface area contributed by atoms with Gasteiger partial charge in [0, 0.05) is 37.6 Å². The first-order chi connectivity index (χ1) is 12.6. The monoisotopic (exact) mass is 369 g/mol. The molecule has 1 heterocycles. The highest BCUT2D eigenvalue weighted by Crippen LogP contribution is 2.24. The van der Waals surface area contributed by atoms with Crippen LogP contribution in [0.15, 0.2) is 42.5 Å². The summed E-state index contributed by atoms with van der Waals surface area (Å²) in [6, 6.07) is 14.5. The molecule has 138 valence electrons. The number of anilines is 2. The summed E-state index contributed by atoms with van der Waals surface area (Å²) in [5.74, 6) is 0.881. The molecule has 0 amide bonds.